The Bertz CT molecular complexity index is 1070. The van der Waals surface area contributed by atoms with E-state index in [1.807, 2.05) is 24.3 Å². The molecule has 2 aromatic heterocycles. The quantitative estimate of drug-likeness (QED) is 0.625. The van der Waals surface area contributed by atoms with E-state index in [0.717, 1.165) is 11.0 Å². The number of carboxylic acids is 1. The average molecular weight is 401 g/mol. The minimum Gasteiger partial charge on any atom is -0.480 e. The van der Waals surface area contributed by atoms with Gasteiger partial charge in [0.15, 0.2) is 10.2 Å². The molecule has 4 rings (SSSR count). The Kier molecular flexibility index (Phi) is 4.50. The third kappa shape index (κ3) is 3.62. The Labute approximate surface area is 160 Å². The van der Waals surface area contributed by atoms with Gasteiger partial charge in [-0.1, -0.05) is 12.1 Å². The van der Waals surface area contributed by atoms with Crippen LogP contribution in [-0.2, 0) is 9.59 Å². The number of H-pyrrole nitrogens is 1. The summed E-state index contributed by atoms with van der Waals surface area (Å²) in [5.41, 5.74) is 1.76. The number of furan rings is 1. The summed E-state index contributed by atoms with van der Waals surface area (Å²) < 4.78 is 5.66. The van der Waals surface area contributed by atoms with Crippen LogP contribution in [0.3, 0.4) is 0 Å². The standard InChI is InChI=1S/C17H11N3O5S2/c21-13(22)8-20-15(23)12(26-17(20)24)7-9-5-6-14(25-9)27-16-18-10-3-1-2-4-11(10)19-16/h1-7H,8H2,(H,18,19)(H,21,22)/b12-7-. The van der Waals surface area contributed by atoms with Crippen LogP contribution in [0.4, 0.5) is 4.79 Å². The number of aromatic amines is 1. The zero-order valence-electron chi connectivity index (χ0n) is 13.5. The highest BCUT2D eigenvalue weighted by Crippen LogP contribution is 2.34. The van der Waals surface area contributed by atoms with Gasteiger partial charge in [-0.15, -0.1) is 0 Å². The summed E-state index contributed by atoms with van der Waals surface area (Å²) in [7, 11) is 0. The predicted octanol–water partition coefficient (Wildman–Crippen LogP) is 3.43. The molecule has 10 heteroatoms. The molecule has 3 heterocycles. The van der Waals surface area contributed by atoms with Crippen molar-refractivity contribution in [3.8, 4) is 0 Å². The van der Waals surface area contributed by atoms with E-state index in [9.17, 15) is 14.4 Å². The van der Waals surface area contributed by atoms with E-state index in [0.29, 0.717) is 32.7 Å². The lowest BCUT2D eigenvalue weighted by Crippen LogP contribution is -2.33. The summed E-state index contributed by atoms with van der Waals surface area (Å²) in [6.45, 7) is -0.659. The Balaban J connectivity index is 1.51. The molecule has 0 bridgehead atoms. The maximum Gasteiger partial charge on any atom is 0.323 e. The van der Waals surface area contributed by atoms with Gasteiger partial charge in [-0.25, -0.2) is 4.98 Å². The van der Waals surface area contributed by atoms with Crippen LogP contribution < -0.4 is 0 Å². The van der Waals surface area contributed by atoms with E-state index in [1.54, 1.807) is 12.1 Å². The van der Waals surface area contributed by atoms with Gasteiger partial charge < -0.3 is 14.5 Å². The normalized spacial score (nSPS) is 16.0. The van der Waals surface area contributed by atoms with Gasteiger partial charge in [0.1, 0.15) is 12.3 Å². The van der Waals surface area contributed by atoms with Crippen LogP contribution in [0.5, 0.6) is 0 Å². The number of fused-ring (bicyclic) bond motifs is 1. The number of benzene rings is 1. The number of thioether (sulfide) groups is 1. The van der Waals surface area contributed by atoms with Gasteiger partial charge in [-0.2, -0.15) is 0 Å². The molecule has 1 fully saturated rings. The van der Waals surface area contributed by atoms with Gasteiger partial charge in [0.05, 0.1) is 15.9 Å². The van der Waals surface area contributed by atoms with Gasteiger partial charge in [-0.05, 0) is 47.8 Å². The first-order valence-corrected chi connectivity index (χ1v) is 9.32. The van der Waals surface area contributed by atoms with Gasteiger partial charge in [-0.3, -0.25) is 19.3 Å². The second-order valence-electron chi connectivity index (χ2n) is 5.48. The molecule has 1 aliphatic heterocycles. The van der Waals surface area contributed by atoms with Crippen molar-refractivity contribution in [1.29, 1.82) is 0 Å². The second kappa shape index (κ2) is 6.97. The molecular formula is C17H11N3O5S2. The van der Waals surface area contributed by atoms with Crippen molar-refractivity contribution in [3.63, 3.8) is 0 Å². The van der Waals surface area contributed by atoms with E-state index in [2.05, 4.69) is 9.97 Å². The number of para-hydroxylation sites is 2. The third-order valence-corrected chi connectivity index (χ3v) is 5.32. The lowest BCUT2D eigenvalue weighted by atomic mass is 10.3. The van der Waals surface area contributed by atoms with Gasteiger partial charge >= 0.3 is 5.97 Å². The molecule has 0 atom stereocenters. The molecule has 2 amide bonds. The first-order valence-electron chi connectivity index (χ1n) is 7.69. The van der Waals surface area contributed by atoms with Crippen LogP contribution in [0.2, 0.25) is 0 Å². The molecule has 0 spiro atoms. The van der Waals surface area contributed by atoms with E-state index >= 15 is 0 Å². The van der Waals surface area contributed by atoms with Crippen LogP contribution in [0, 0.1) is 0 Å². The van der Waals surface area contributed by atoms with E-state index in [-0.39, 0.29) is 4.91 Å². The average Bonchev–Trinajstić information content (AvgIpc) is 3.30. The summed E-state index contributed by atoms with van der Waals surface area (Å²) in [6.07, 6.45) is 1.43. The van der Waals surface area contributed by atoms with Gasteiger partial charge in [0, 0.05) is 6.08 Å². The van der Waals surface area contributed by atoms with E-state index < -0.39 is 23.7 Å². The molecule has 8 nitrogen and oxygen atoms in total. The number of carbonyl (C=O) groups is 3. The van der Waals surface area contributed by atoms with Crippen LogP contribution in [-0.4, -0.2) is 43.6 Å². The highest BCUT2D eigenvalue weighted by atomic mass is 32.2. The van der Waals surface area contributed by atoms with Crippen molar-refractivity contribution in [2.45, 2.75) is 10.2 Å². The molecule has 0 aliphatic carbocycles. The number of imide groups is 1. The van der Waals surface area contributed by atoms with Crippen LogP contribution in [0.25, 0.3) is 17.1 Å². The maximum atomic E-state index is 12.1. The number of carbonyl (C=O) groups excluding carboxylic acids is 2. The van der Waals surface area contributed by atoms with Crippen molar-refractivity contribution < 1.29 is 23.9 Å². The van der Waals surface area contributed by atoms with Crippen molar-refractivity contribution >= 4 is 57.7 Å². The van der Waals surface area contributed by atoms with E-state index in [4.69, 9.17) is 9.52 Å². The van der Waals surface area contributed by atoms with Gasteiger partial charge in [0.2, 0.25) is 0 Å². The number of aromatic nitrogens is 2. The lowest BCUT2D eigenvalue weighted by molar-refractivity contribution is -0.140. The number of hydrogen-bond acceptors (Lipinski definition) is 7. The molecule has 1 aromatic carbocycles. The third-order valence-electron chi connectivity index (χ3n) is 3.61. The molecule has 2 N–H and O–H groups in total. The number of aliphatic carboxylic acids is 1. The molecule has 136 valence electrons. The first kappa shape index (κ1) is 17.4. The Morgan fingerprint density at radius 2 is 2.11 bits per heavy atom. The van der Waals surface area contributed by atoms with Crippen molar-refractivity contribution in [3.05, 3.63) is 47.1 Å². The highest BCUT2D eigenvalue weighted by molar-refractivity contribution is 8.18. The molecule has 0 saturated carbocycles. The number of nitrogens with one attached hydrogen (secondary N) is 1. The van der Waals surface area contributed by atoms with Gasteiger partial charge in [0.25, 0.3) is 11.1 Å². The summed E-state index contributed by atoms with van der Waals surface area (Å²) in [5.74, 6) is -1.51. The molecule has 0 unspecified atom stereocenters. The Morgan fingerprint density at radius 3 is 2.89 bits per heavy atom. The topological polar surface area (TPSA) is 116 Å². The number of carboxylic acid groups (broad SMARTS) is 1. The number of amides is 2. The summed E-state index contributed by atoms with van der Waals surface area (Å²) >= 11 is 1.98. The lowest BCUT2D eigenvalue weighted by Gasteiger charge is -2.07. The molecule has 1 saturated heterocycles. The first-order chi connectivity index (χ1) is 13.0. The number of rotatable bonds is 5. The SMILES string of the molecule is O=C(O)CN1C(=O)S/C(=C\c2ccc(Sc3nc4ccccc4[nH]3)o2)C1=O. The van der Waals surface area contributed by atoms with E-state index in [1.165, 1.54) is 17.8 Å². The fourth-order valence-corrected chi connectivity index (χ4v) is 4.03. The minimum absolute atomic E-state index is 0.121. The molecule has 1 aliphatic rings. The zero-order chi connectivity index (χ0) is 19.0. The van der Waals surface area contributed by atoms with Crippen molar-refractivity contribution in [2.24, 2.45) is 0 Å². The molecular weight excluding hydrogens is 390 g/mol. The smallest absolute Gasteiger partial charge is 0.323 e. The van der Waals surface area contributed by atoms with Crippen molar-refractivity contribution in [2.75, 3.05) is 6.54 Å². The fraction of sp³-hybridized carbons (Fsp3) is 0.0588. The van der Waals surface area contributed by atoms with Crippen molar-refractivity contribution in [1.82, 2.24) is 14.9 Å². The fourth-order valence-electron chi connectivity index (χ4n) is 2.44. The predicted molar refractivity (Wildman–Crippen MR) is 99.2 cm³/mol. The summed E-state index contributed by atoms with van der Waals surface area (Å²) in [6, 6.07) is 11.0. The zero-order valence-corrected chi connectivity index (χ0v) is 15.2. The number of hydrogen-bond donors (Lipinski definition) is 2. The maximum absolute atomic E-state index is 12.1. The molecule has 0 radical (unpaired) electrons. The van der Waals surface area contributed by atoms with Crippen LogP contribution in [0.1, 0.15) is 5.76 Å². The summed E-state index contributed by atoms with van der Waals surface area (Å²) in [4.78, 5) is 43.1. The van der Waals surface area contributed by atoms with Crippen LogP contribution >= 0.6 is 23.5 Å². The minimum atomic E-state index is -1.25. The molecule has 27 heavy (non-hydrogen) atoms. The van der Waals surface area contributed by atoms with Crippen LogP contribution in [0.15, 0.2) is 56.0 Å². The number of nitrogens with zero attached hydrogens (tertiary/aromatic N) is 2. The number of imidazole rings is 1. The second-order valence-corrected chi connectivity index (χ2v) is 7.47. The highest BCUT2D eigenvalue weighted by Gasteiger charge is 2.36. The largest absolute Gasteiger partial charge is 0.480 e. The monoisotopic (exact) mass is 401 g/mol. The summed E-state index contributed by atoms with van der Waals surface area (Å²) in [5, 5.41) is 9.39. The Morgan fingerprint density at radius 1 is 1.30 bits per heavy atom. The Hall–Kier alpha value is -2.98. The molecule has 3 aromatic rings.